The summed E-state index contributed by atoms with van der Waals surface area (Å²) in [6.07, 6.45) is 0.172. The predicted molar refractivity (Wildman–Crippen MR) is 83.3 cm³/mol. The molecule has 0 bridgehead atoms. The van der Waals surface area contributed by atoms with Crippen LogP contribution in [0, 0.1) is 13.1 Å². The fraction of sp³-hybridized carbons (Fsp3) is 0.111. The summed E-state index contributed by atoms with van der Waals surface area (Å²) in [5, 5.41) is 0. The number of hydrogen-bond donors (Lipinski definition) is 0. The first-order valence-electron chi connectivity index (χ1n) is 6.65. The molecule has 0 spiro atoms. The molecule has 2 aromatic carbocycles. The Labute approximate surface area is 128 Å². The Hall–Kier alpha value is -3.24. The monoisotopic (exact) mass is 288 g/mol. The SMILES string of the molecule is [C-]#[N+]c1cccc(C(=O)CCC(=O)c2cccc([N+]#[C-])c2)c1. The molecule has 0 fully saturated rings. The Balaban J connectivity index is 2.03. The average molecular weight is 288 g/mol. The second kappa shape index (κ2) is 6.97. The zero-order valence-corrected chi connectivity index (χ0v) is 11.7. The average Bonchev–Trinajstić information content (AvgIpc) is 2.59. The number of Topliss-reactive ketones (excluding diaryl/α,β-unsaturated/α-hetero) is 2. The molecule has 0 atom stereocenters. The summed E-state index contributed by atoms with van der Waals surface area (Å²) in [5.41, 5.74) is 1.69. The molecule has 0 saturated heterocycles. The van der Waals surface area contributed by atoms with Gasteiger partial charge < -0.3 is 0 Å². The first kappa shape index (κ1) is 15.2. The summed E-state index contributed by atoms with van der Waals surface area (Å²) in [6.45, 7) is 13.9. The molecule has 22 heavy (non-hydrogen) atoms. The van der Waals surface area contributed by atoms with E-state index in [0.717, 1.165) is 0 Å². The van der Waals surface area contributed by atoms with Crippen LogP contribution in [-0.4, -0.2) is 11.6 Å². The summed E-state index contributed by atoms with van der Waals surface area (Å²) in [6, 6.07) is 12.9. The number of ketones is 2. The van der Waals surface area contributed by atoms with Crippen LogP contribution in [0.25, 0.3) is 9.69 Å². The molecule has 2 rings (SSSR count). The number of nitrogens with zero attached hydrogens (tertiary/aromatic N) is 2. The van der Waals surface area contributed by atoms with Crippen molar-refractivity contribution in [2.24, 2.45) is 0 Å². The Bertz CT molecular complexity index is 741. The quantitative estimate of drug-likeness (QED) is 0.594. The fourth-order valence-electron chi connectivity index (χ4n) is 2.01. The van der Waals surface area contributed by atoms with Gasteiger partial charge in [0, 0.05) is 24.0 Å². The highest BCUT2D eigenvalue weighted by atomic mass is 16.1. The maximum absolute atomic E-state index is 12.1. The van der Waals surface area contributed by atoms with E-state index in [4.69, 9.17) is 13.1 Å². The largest absolute Gasteiger partial charge is 0.294 e. The van der Waals surface area contributed by atoms with Crippen molar-refractivity contribution in [2.45, 2.75) is 12.8 Å². The lowest BCUT2D eigenvalue weighted by atomic mass is 10.0. The molecule has 0 aliphatic heterocycles. The first-order chi connectivity index (χ1) is 10.6. The normalized spacial score (nSPS) is 9.55. The molecule has 0 aliphatic rings. The van der Waals surface area contributed by atoms with Crippen molar-refractivity contribution in [2.75, 3.05) is 0 Å². The standard InChI is InChI=1S/C18H12N2O2/c1-19-15-7-3-5-13(11-15)17(21)9-10-18(22)14-6-4-8-16(12-14)20-2/h3-8,11-12H,9-10H2. The van der Waals surface area contributed by atoms with E-state index >= 15 is 0 Å². The van der Waals surface area contributed by atoms with Crippen molar-refractivity contribution >= 4 is 22.9 Å². The molecular formula is C18H12N2O2. The molecule has 4 heteroatoms. The van der Waals surface area contributed by atoms with Gasteiger partial charge in [0.25, 0.3) is 0 Å². The molecule has 0 aromatic heterocycles. The number of hydrogen-bond acceptors (Lipinski definition) is 2. The zero-order valence-electron chi connectivity index (χ0n) is 11.7. The maximum atomic E-state index is 12.1. The van der Waals surface area contributed by atoms with Crippen LogP contribution in [0.4, 0.5) is 11.4 Å². The summed E-state index contributed by atoms with van der Waals surface area (Å²) < 4.78 is 0. The topological polar surface area (TPSA) is 42.9 Å². The van der Waals surface area contributed by atoms with Gasteiger partial charge in [-0.2, -0.15) is 0 Å². The van der Waals surface area contributed by atoms with E-state index < -0.39 is 0 Å². The lowest BCUT2D eigenvalue weighted by Gasteiger charge is -2.03. The first-order valence-corrected chi connectivity index (χ1v) is 6.65. The summed E-state index contributed by atoms with van der Waals surface area (Å²) >= 11 is 0. The van der Waals surface area contributed by atoms with E-state index in [1.165, 1.54) is 12.1 Å². The van der Waals surface area contributed by atoms with E-state index in [1.54, 1.807) is 36.4 Å². The van der Waals surface area contributed by atoms with Crippen LogP contribution in [0.2, 0.25) is 0 Å². The van der Waals surface area contributed by atoms with Crippen molar-refractivity contribution in [3.8, 4) is 0 Å². The van der Waals surface area contributed by atoms with E-state index in [9.17, 15) is 9.59 Å². The van der Waals surface area contributed by atoms with Gasteiger partial charge in [-0.15, -0.1) is 0 Å². The number of benzene rings is 2. The minimum Gasteiger partial charge on any atom is -0.294 e. The molecule has 106 valence electrons. The molecule has 4 nitrogen and oxygen atoms in total. The Morgan fingerprint density at radius 2 is 1.18 bits per heavy atom. The maximum Gasteiger partial charge on any atom is 0.187 e. The molecule has 0 saturated carbocycles. The van der Waals surface area contributed by atoms with E-state index in [1.807, 2.05) is 0 Å². The fourth-order valence-corrected chi connectivity index (χ4v) is 2.01. The molecule has 0 N–H and O–H groups in total. The van der Waals surface area contributed by atoms with Crippen LogP contribution in [0.1, 0.15) is 33.6 Å². The van der Waals surface area contributed by atoms with Gasteiger partial charge >= 0.3 is 0 Å². The van der Waals surface area contributed by atoms with Crippen molar-refractivity contribution in [1.82, 2.24) is 0 Å². The summed E-state index contributed by atoms with van der Waals surface area (Å²) in [5.74, 6) is -0.333. The number of carbonyl (C=O) groups is 2. The molecule has 0 radical (unpaired) electrons. The van der Waals surface area contributed by atoms with E-state index in [2.05, 4.69) is 9.69 Å². The van der Waals surface area contributed by atoms with Crippen LogP contribution in [0.3, 0.4) is 0 Å². The number of rotatable bonds is 5. The van der Waals surface area contributed by atoms with Crippen molar-refractivity contribution < 1.29 is 9.59 Å². The van der Waals surface area contributed by atoms with Gasteiger partial charge in [-0.25, -0.2) is 9.69 Å². The smallest absolute Gasteiger partial charge is 0.187 e. The van der Waals surface area contributed by atoms with Gasteiger partial charge in [-0.1, -0.05) is 36.4 Å². The van der Waals surface area contributed by atoms with Crippen LogP contribution in [0.5, 0.6) is 0 Å². The molecular weight excluding hydrogens is 276 g/mol. The third kappa shape index (κ3) is 3.65. The molecule has 2 aromatic rings. The number of carbonyl (C=O) groups excluding carboxylic acids is 2. The van der Waals surface area contributed by atoms with Gasteiger partial charge in [0.05, 0.1) is 13.1 Å². The van der Waals surface area contributed by atoms with Gasteiger partial charge in [0.1, 0.15) is 0 Å². The minimum absolute atomic E-state index is 0.0858. The van der Waals surface area contributed by atoms with Gasteiger partial charge in [-0.3, -0.25) is 9.59 Å². The molecule has 0 unspecified atom stereocenters. The Morgan fingerprint density at radius 1 is 0.773 bits per heavy atom. The van der Waals surface area contributed by atoms with E-state index in [0.29, 0.717) is 22.5 Å². The second-order valence-electron chi connectivity index (χ2n) is 4.67. The van der Waals surface area contributed by atoms with Crippen LogP contribution >= 0.6 is 0 Å². The molecule has 0 amide bonds. The van der Waals surface area contributed by atoms with Crippen LogP contribution in [0.15, 0.2) is 48.5 Å². The molecule has 0 heterocycles. The Morgan fingerprint density at radius 3 is 1.55 bits per heavy atom. The predicted octanol–water partition coefficient (Wildman–Crippen LogP) is 4.63. The highest BCUT2D eigenvalue weighted by Crippen LogP contribution is 2.18. The Kier molecular flexibility index (Phi) is 4.80. The lowest BCUT2D eigenvalue weighted by Crippen LogP contribution is -2.05. The zero-order chi connectivity index (χ0) is 15.9. The highest BCUT2D eigenvalue weighted by Gasteiger charge is 2.11. The highest BCUT2D eigenvalue weighted by molar-refractivity contribution is 6.02. The van der Waals surface area contributed by atoms with Crippen molar-refractivity contribution in [1.29, 1.82) is 0 Å². The summed E-state index contributed by atoms with van der Waals surface area (Å²) in [7, 11) is 0. The third-order valence-corrected chi connectivity index (χ3v) is 3.17. The van der Waals surface area contributed by atoms with Crippen molar-refractivity contribution in [3.05, 3.63) is 82.5 Å². The minimum atomic E-state index is -0.166. The van der Waals surface area contributed by atoms with E-state index in [-0.39, 0.29) is 24.4 Å². The second-order valence-corrected chi connectivity index (χ2v) is 4.67. The van der Waals surface area contributed by atoms with Gasteiger partial charge in [0.15, 0.2) is 22.9 Å². The van der Waals surface area contributed by atoms with Crippen molar-refractivity contribution in [3.63, 3.8) is 0 Å². The van der Waals surface area contributed by atoms with Gasteiger partial charge in [0.2, 0.25) is 0 Å². The lowest BCUT2D eigenvalue weighted by molar-refractivity contribution is 0.0917. The summed E-state index contributed by atoms with van der Waals surface area (Å²) in [4.78, 5) is 30.7. The third-order valence-electron chi connectivity index (χ3n) is 3.17. The van der Waals surface area contributed by atoms with Gasteiger partial charge in [-0.05, 0) is 12.1 Å². The van der Waals surface area contributed by atoms with Crippen LogP contribution < -0.4 is 0 Å². The van der Waals surface area contributed by atoms with Crippen LogP contribution in [-0.2, 0) is 0 Å². The molecule has 0 aliphatic carbocycles.